The standard InChI is InChI=1S/C32H40O4S/c1-35-28-22-20-26(21-23-28)24-37-31(30(33)32(34)36-2)29-19-13-12-18-27(29)17-11-6-4-3-5-8-14-25-15-9-7-10-16-25/h7,9-10,12-13,15-16,18-23,30-31,33H,3-6,8,11,14,17,24H2,1-2H3/t30-,31-/m1/s1. The van der Waals surface area contributed by atoms with Gasteiger partial charge in [0.2, 0.25) is 0 Å². The van der Waals surface area contributed by atoms with Crippen molar-refractivity contribution in [1.29, 1.82) is 0 Å². The molecule has 0 spiro atoms. The van der Waals surface area contributed by atoms with Crippen molar-refractivity contribution in [2.75, 3.05) is 14.2 Å². The van der Waals surface area contributed by atoms with Crippen LogP contribution in [0.15, 0.2) is 78.9 Å². The quantitative estimate of drug-likeness (QED) is 0.158. The van der Waals surface area contributed by atoms with Gasteiger partial charge in [-0.1, -0.05) is 92.4 Å². The number of esters is 1. The van der Waals surface area contributed by atoms with Crippen molar-refractivity contribution in [1.82, 2.24) is 0 Å². The monoisotopic (exact) mass is 520 g/mol. The van der Waals surface area contributed by atoms with Crippen LogP contribution in [0.2, 0.25) is 0 Å². The summed E-state index contributed by atoms with van der Waals surface area (Å²) >= 11 is 1.57. The van der Waals surface area contributed by atoms with Crippen LogP contribution >= 0.6 is 11.8 Å². The first-order chi connectivity index (χ1) is 18.1. The number of carbonyl (C=O) groups excluding carboxylic acids is 1. The first-order valence-electron chi connectivity index (χ1n) is 13.2. The zero-order valence-electron chi connectivity index (χ0n) is 22.1. The van der Waals surface area contributed by atoms with E-state index < -0.39 is 17.3 Å². The number of unbranched alkanes of at least 4 members (excludes halogenated alkanes) is 5. The first kappa shape index (κ1) is 28.8. The third-order valence-corrected chi connectivity index (χ3v) is 8.05. The Morgan fingerprint density at radius 1 is 0.757 bits per heavy atom. The molecule has 0 aromatic heterocycles. The topological polar surface area (TPSA) is 55.8 Å². The number of rotatable bonds is 16. The van der Waals surface area contributed by atoms with Crippen LogP contribution in [0.3, 0.4) is 0 Å². The molecule has 5 heteroatoms. The van der Waals surface area contributed by atoms with Crippen molar-refractivity contribution in [2.45, 2.75) is 68.5 Å². The highest BCUT2D eigenvalue weighted by Crippen LogP contribution is 2.37. The van der Waals surface area contributed by atoms with Crippen molar-refractivity contribution < 1.29 is 19.4 Å². The molecule has 37 heavy (non-hydrogen) atoms. The van der Waals surface area contributed by atoms with Gasteiger partial charge in [-0.3, -0.25) is 0 Å². The lowest BCUT2D eigenvalue weighted by Gasteiger charge is -2.24. The largest absolute Gasteiger partial charge is 0.497 e. The Labute approximate surface area is 226 Å². The summed E-state index contributed by atoms with van der Waals surface area (Å²) in [5.41, 5.74) is 4.74. The maximum atomic E-state index is 12.3. The van der Waals surface area contributed by atoms with Crippen molar-refractivity contribution in [3.8, 4) is 5.75 Å². The molecule has 4 nitrogen and oxygen atoms in total. The summed E-state index contributed by atoms with van der Waals surface area (Å²) in [6.07, 6.45) is 8.15. The van der Waals surface area contributed by atoms with Crippen molar-refractivity contribution in [3.05, 3.63) is 101 Å². The van der Waals surface area contributed by atoms with Gasteiger partial charge in [-0.2, -0.15) is 0 Å². The number of hydrogen-bond acceptors (Lipinski definition) is 5. The lowest BCUT2D eigenvalue weighted by atomic mass is 9.96. The van der Waals surface area contributed by atoms with E-state index in [1.165, 1.54) is 50.3 Å². The predicted molar refractivity (Wildman–Crippen MR) is 153 cm³/mol. The minimum atomic E-state index is -1.22. The van der Waals surface area contributed by atoms with Gasteiger partial charge in [0.25, 0.3) is 0 Å². The minimum Gasteiger partial charge on any atom is -0.497 e. The molecule has 3 rings (SSSR count). The molecule has 1 N–H and O–H groups in total. The number of carbonyl (C=O) groups is 1. The molecule has 0 amide bonds. The van der Waals surface area contributed by atoms with E-state index in [2.05, 4.69) is 36.4 Å². The Morgan fingerprint density at radius 3 is 2.05 bits per heavy atom. The lowest BCUT2D eigenvalue weighted by molar-refractivity contribution is -0.150. The Hall–Kier alpha value is -2.76. The minimum absolute atomic E-state index is 0.399. The van der Waals surface area contributed by atoms with Crippen LogP contribution in [0.4, 0.5) is 0 Å². The molecule has 2 atom stereocenters. The van der Waals surface area contributed by atoms with Crippen LogP contribution in [0.25, 0.3) is 0 Å². The maximum Gasteiger partial charge on any atom is 0.336 e. The van der Waals surface area contributed by atoms with E-state index in [0.29, 0.717) is 5.75 Å². The van der Waals surface area contributed by atoms with Gasteiger partial charge in [0, 0.05) is 5.75 Å². The summed E-state index contributed by atoms with van der Waals surface area (Å²) in [6, 6.07) is 26.8. The molecule has 0 saturated carbocycles. The van der Waals surface area contributed by atoms with Crippen LogP contribution in [0, 0.1) is 0 Å². The van der Waals surface area contributed by atoms with Crippen LogP contribution in [0.5, 0.6) is 5.75 Å². The summed E-state index contributed by atoms with van der Waals surface area (Å²) < 4.78 is 10.1. The molecule has 198 valence electrons. The van der Waals surface area contributed by atoms with Crippen LogP contribution in [0.1, 0.15) is 66.0 Å². The number of aliphatic hydroxyl groups excluding tert-OH is 1. The summed E-state index contributed by atoms with van der Waals surface area (Å²) in [6.45, 7) is 0. The second kappa shape index (κ2) is 16.2. The van der Waals surface area contributed by atoms with Crippen LogP contribution < -0.4 is 4.74 Å². The lowest BCUT2D eigenvalue weighted by Crippen LogP contribution is -2.28. The number of ether oxygens (including phenoxy) is 2. The molecule has 0 radical (unpaired) electrons. The van der Waals surface area contributed by atoms with E-state index in [9.17, 15) is 9.90 Å². The molecule has 0 bridgehead atoms. The third-order valence-electron chi connectivity index (χ3n) is 6.68. The molecule has 0 aliphatic carbocycles. The fourth-order valence-corrected chi connectivity index (χ4v) is 5.81. The average molecular weight is 521 g/mol. The van der Waals surface area contributed by atoms with Gasteiger partial charge in [0.15, 0.2) is 6.10 Å². The van der Waals surface area contributed by atoms with Gasteiger partial charge in [0.05, 0.1) is 19.5 Å². The van der Waals surface area contributed by atoms with Crippen molar-refractivity contribution >= 4 is 17.7 Å². The number of thioether (sulfide) groups is 1. The zero-order valence-corrected chi connectivity index (χ0v) is 22.9. The van der Waals surface area contributed by atoms with E-state index in [0.717, 1.165) is 36.1 Å². The molecule has 3 aromatic rings. The molecule has 0 aliphatic heterocycles. The highest BCUT2D eigenvalue weighted by Gasteiger charge is 2.30. The van der Waals surface area contributed by atoms with E-state index in [1.54, 1.807) is 18.9 Å². The van der Waals surface area contributed by atoms with Gasteiger partial charge in [-0.25, -0.2) is 4.79 Å². The number of hydrogen-bond donors (Lipinski definition) is 1. The van der Waals surface area contributed by atoms with Gasteiger partial charge in [0.1, 0.15) is 5.75 Å². The van der Waals surface area contributed by atoms with Crippen LogP contribution in [-0.2, 0) is 28.1 Å². The first-order valence-corrected chi connectivity index (χ1v) is 14.3. The molecule has 0 heterocycles. The van der Waals surface area contributed by atoms with Crippen molar-refractivity contribution in [2.24, 2.45) is 0 Å². The second-order valence-corrected chi connectivity index (χ2v) is 10.5. The zero-order chi connectivity index (χ0) is 26.3. The smallest absolute Gasteiger partial charge is 0.336 e. The molecule has 0 saturated heterocycles. The Bertz CT molecular complexity index is 1050. The van der Waals surface area contributed by atoms with E-state index in [1.807, 2.05) is 42.5 Å². The molecular formula is C32H40O4S. The summed E-state index contributed by atoms with van der Waals surface area (Å²) in [5.74, 6) is 0.874. The van der Waals surface area contributed by atoms with Gasteiger partial charge in [-0.05, 0) is 60.1 Å². The molecule has 0 fully saturated rings. The number of benzene rings is 3. The number of aliphatic hydroxyl groups is 1. The van der Waals surface area contributed by atoms with E-state index >= 15 is 0 Å². The summed E-state index contributed by atoms with van der Waals surface area (Å²) in [7, 11) is 2.97. The van der Waals surface area contributed by atoms with E-state index in [4.69, 9.17) is 9.47 Å². The Balaban J connectivity index is 1.53. The number of aryl methyl sites for hydroxylation is 2. The van der Waals surface area contributed by atoms with Crippen LogP contribution in [-0.4, -0.2) is 31.4 Å². The normalized spacial score (nSPS) is 12.6. The highest BCUT2D eigenvalue weighted by atomic mass is 32.2. The molecule has 0 unspecified atom stereocenters. The maximum absolute atomic E-state index is 12.3. The molecule has 3 aromatic carbocycles. The average Bonchev–Trinajstić information content (AvgIpc) is 2.95. The van der Waals surface area contributed by atoms with E-state index in [-0.39, 0.29) is 0 Å². The molecular weight excluding hydrogens is 480 g/mol. The van der Waals surface area contributed by atoms with Gasteiger partial charge < -0.3 is 14.6 Å². The van der Waals surface area contributed by atoms with Crippen molar-refractivity contribution in [3.63, 3.8) is 0 Å². The Morgan fingerprint density at radius 2 is 1.38 bits per heavy atom. The second-order valence-electron chi connectivity index (χ2n) is 9.35. The molecule has 0 aliphatic rings. The predicted octanol–water partition coefficient (Wildman–Crippen LogP) is 7.33. The number of methoxy groups -OCH3 is 2. The van der Waals surface area contributed by atoms with Gasteiger partial charge in [-0.15, -0.1) is 11.8 Å². The third kappa shape index (κ3) is 9.56. The Kier molecular flexibility index (Phi) is 12.6. The highest BCUT2D eigenvalue weighted by molar-refractivity contribution is 7.98. The summed E-state index contributed by atoms with van der Waals surface area (Å²) in [5, 5.41) is 10.5. The van der Waals surface area contributed by atoms with Gasteiger partial charge >= 0.3 is 5.97 Å². The fourth-order valence-electron chi connectivity index (χ4n) is 4.54. The fraction of sp³-hybridized carbons (Fsp3) is 0.406. The summed E-state index contributed by atoms with van der Waals surface area (Å²) in [4.78, 5) is 12.3. The SMILES string of the molecule is COC(=O)[C@H](O)[C@H](SCc1ccc(OC)cc1)c1ccccc1CCCCCCCCc1ccccc1.